The summed E-state index contributed by atoms with van der Waals surface area (Å²) < 4.78 is 5.28. The Bertz CT molecular complexity index is 716. The normalized spacial score (nSPS) is 21.2. The van der Waals surface area contributed by atoms with Crippen molar-refractivity contribution in [3.05, 3.63) is 35.4 Å². The van der Waals surface area contributed by atoms with Crippen molar-refractivity contribution < 1.29 is 14.3 Å². The highest BCUT2D eigenvalue weighted by Crippen LogP contribution is 2.37. The predicted octanol–water partition coefficient (Wildman–Crippen LogP) is 3.54. The van der Waals surface area contributed by atoms with Gasteiger partial charge in [-0.3, -0.25) is 9.59 Å². The monoisotopic (exact) mass is 354 g/mol. The van der Waals surface area contributed by atoms with Gasteiger partial charge in [-0.1, -0.05) is 43.5 Å². The van der Waals surface area contributed by atoms with Crippen molar-refractivity contribution in [2.75, 3.05) is 13.7 Å². The van der Waals surface area contributed by atoms with E-state index in [9.17, 15) is 14.9 Å². The van der Waals surface area contributed by atoms with Crippen LogP contribution in [0.4, 0.5) is 0 Å². The predicted molar refractivity (Wildman–Crippen MR) is 97.0 cm³/mol. The minimum absolute atomic E-state index is 0.0192. The number of esters is 1. The van der Waals surface area contributed by atoms with Crippen LogP contribution in [0.25, 0.3) is 0 Å². The molecule has 0 spiro atoms. The molecule has 0 aliphatic heterocycles. The molecule has 1 aromatic carbocycles. The van der Waals surface area contributed by atoms with Gasteiger partial charge >= 0.3 is 5.97 Å². The zero-order valence-corrected chi connectivity index (χ0v) is 15.4. The van der Waals surface area contributed by atoms with E-state index in [2.05, 4.69) is 18.2 Å². The molecule has 1 atom stereocenters. The molecule has 138 valence electrons. The van der Waals surface area contributed by atoms with Gasteiger partial charge in [0, 0.05) is 7.05 Å². The topological polar surface area (TPSA) is 70.4 Å². The first-order valence-corrected chi connectivity index (χ1v) is 9.49. The van der Waals surface area contributed by atoms with E-state index in [1.807, 2.05) is 12.1 Å². The van der Waals surface area contributed by atoms with Crippen molar-refractivity contribution in [2.45, 2.75) is 57.4 Å². The molecule has 0 bridgehead atoms. The first-order valence-electron chi connectivity index (χ1n) is 9.49. The molecule has 0 radical (unpaired) electrons. The van der Waals surface area contributed by atoms with Gasteiger partial charge in [-0.15, -0.1) is 0 Å². The standard InChI is InChI=1S/C21H26N2O3/c1-23(18-11-7-9-16-8-3-4-10-17(16)18)19(24)14-26-20(25)21(15-22)12-5-2-6-13-21/h3-4,8,10,18H,2,5-7,9,11-14H2,1H3. The third-order valence-electron chi connectivity index (χ3n) is 5.84. The van der Waals surface area contributed by atoms with E-state index in [1.165, 1.54) is 11.1 Å². The summed E-state index contributed by atoms with van der Waals surface area (Å²) >= 11 is 0. The number of aryl methyl sites for hydroxylation is 1. The number of rotatable bonds is 4. The Kier molecular flexibility index (Phi) is 5.61. The van der Waals surface area contributed by atoms with E-state index < -0.39 is 11.4 Å². The van der Waals surface area contributed by atoms with Crippen LogP contribution in [0, 0.1) is 16.7 Å². The van der Waals surface area contributed by atoms with Crippen LogP contribution in [0.15, 0.2) is 24.3 Å². The Morgan fingerprint density at radius 3 is 2.69 bits per heavy atom. The molecule has 0 heterocycles. The van der Waals surface area contributed by atoms with Gasteiger partial charge in [-0.05, 0) is 43.2 Å². The number of ether oxygens (including phenoxy) is 1. The van der Waals surface area contributed by atoms with Crippen LogP contribution in [0.3, 0.4) is 0 Å². The molecule has 5 nitrogen and oxygen atoms in total. The molecule has 3 rings (SSSR count). The first-order chi connectivity index (χ1) is 12.6. The quantitative estimate of drug-likeness (QED) is 0.776. The largest absolute Gasteiger partial charge is 0.454 e. The van der Waals surface area contributed by atoms with Crippen LogP contribution in [-0.2, 0) is 20.7 Å². The molecular formula is C21H26N2O3. The van der Waals surface area contributed by atoms with E-state index in [0.717, 1.165) is 38.5 Å². The van der Waals surface area contributed by atoms with E-state index in [0.29, 0.717) is 12.8 Å². The van der Waals surface area contributed by atoms with E-state index in [4.69, 9.17) is 4.74 Å². The number of amides is 1. The maximum absolute atomic E-state index is 12.6. The van der Waals surface area contributed by atoms with Crippen molar-refractivity contribution in [1.82, 2.24) is 4.90 Å². The van der Waals surface area contributed by atoms with E-state index >= 15 is 0 Å². The maximum atomic E-state index is 12.6. The SMILES string of the molecule is CN(C(=O)COC(=O)C1(C#N)CCCCC1)C1CCCc2ccccc21. The highest BCUT2D eigenvalue weighted by atomic mass is 16.5. The number of carbonyl (C=O) groups excluding carboxylic acids is 2. The van der Waals surface area contributed by atoms with E-state index in [-0.39, 0.29) is 18.6 Å². The fourth-order valence-corrected chi connectivity index (χ4v) is 4.19. The molecule has 2 aliphatic carbocycles. The van der Waals surface area contributed by atoms with Crippen LogP contribution >= 0.6 is 0 Å². The number of benzene rings is 1. The molecular weight excluding hydrogens is 328 g/mol. The van der Waals surface area contributed by atoms with Gasteiger partial charge in [-0.25, -0.2) is 0 Å². The summed E-state index contributed by atoms with van der Waals surface area (Å²) in [7, 11) is 1.77. The lowest BCUT2D eigenvalue weighted by atomic mass is 9.75. The molecule has 1 fully saturated rings. The van der Waals surface area contributed by atoms with Crippen molar-refractivity contribution in [1.29, 1.82) is 5.26 Å². The molecule has 0 N–H and O–H groups in total. The summed E-state index contributed by atoms with van der Waals surface area (Å²) in [6.07, 6.45) is 6.80. The summed E-state index contributed by atoms with van der Waals surface area (Å²) in [5.74, 6) is -0.755. The summed E-state index contributed by atoms with van der Waals surface area (Å²) in [6, 6.07) is 10.4. The number of hydrogen-bond donors (Lipinski definition) is 0. The molecule has 26 heavy (non-hydrogen) atoms. The maximum Gasteiger partial charge on any atom is 0.326 e. The smallest absolute Gasteiger partial charge is 0.326 e. The second kappa shape index (κ2) is 7.90. The van der Waals surface area contributed by atoms with Crippen LogP contribution < -0.4 is 0 Å². The lowest BCUT2D eigenvalue weighted by molar-refractivity contribution is -0.160. The zero-order valence-electron chi connectivity index (χ0n) is 15.4. The van der Waals surface area contributed by atoms with Gasteiger partial charge in [0.1, 0.15) is 0 Å². The zero-order chi connectivity index (χ0) is 18.6. The lowest BCUT2D eigenvalue weighted by Gasteiger charge is -2.33. The van der Waals surface area contributed by atoms with Gasteiger partial charge in [0.05, 0.1) is 12.1 Å². The first kappa shape index (κ1) is 18.4. The Labute approximate surface area is 154 Å². The number of nitrogens with zero attached hydrogens (tertiary/aromatic N) is 2. The minimum Gasteiger partial charge on any atom is -0.454 e. The van der Waals surface area contributed by atoms with Crippen LogP contribution in [-0.4, -0.2) is 30.4 Å². The number of carbonyl (C=O) groups is 2. The van der Waals surface area contributed by atoms with Crippen LogP contribution in [0.2, 0.25) is 0 Å². The summed E-state index contributed by atoms with van der Waals surface area (Å²) in [4.78, 5) is 26.7. The van der Waals surface area contributed by atoms with E-state index in [1.54, 1.807) is 11.9 Å². The van der Waals surface area contributed by atoms with Crippen molar-refractivity contribution in [2.24, 2.45) is 5.41 Å². The second-order valence-electron chi connectivity index (χ2n) is 7.44. The molecule has 1 saturated carbocycles. The van der Waals surface area contributed by atoms with Crippen molar-refractivity contribution in [3.8, 4) is 6.07 Å². The lowest BCUT2D eigenvalue weighted by Crippen LogP contribution is -2.39. The number of nitriles is 1. The number of hydrogen-bond acceptors (Lipinski definition) is 4. The number of likely N-dealkylation sites (N-methyl/N-ethyl adjacent to an activating group) is 1. The highest BCUT2D eigenvalue weighted by Gasteiger charge is 2.42. The van der Waals surface area contributed by atoms with Crippen LogP contribution in [0.1, 0.15) is 62.1 Å². The summed E-state index contributed by atoms with van der Waals surface area (Å²) in [6.45, 7) is -0.294. The van der Waals surface area contributed by atoms with Crippen molar-refractivity contribution in [3.63, 3.8) is 0 Å². The molecule has 1 amide bonds. The minimum atomic E-state index is -1.06. The molecule has 0 aromatic heterocycles. The van der Waals surface area contributed by atoms with Crippen molar-refractivity contribution >= 4 is 11.9 Å². The Hall–Kier alpha value is -2.35. The van der Waals surface area contributed by atoms with Gasteiger partial charge in [-0.2, -0.15) is 5.26 Å². The van der Waals surface area contributed by atoms with Crippen LogP contribution in [0.5, 0.6) is 0 Å². The number of fused-ring (bicyclic) bond motifs is 1. The van der Waals surface area contributed by atoms with Gasteiger partial charge in [0.2, 0.25) is 0 Å². The highest BCUT2D eigenvalue weighted by molar-refractivity contribution is 5.84. The molecule has 1 aromatic rings. The molecule has 1 unspecified atom stereocenters. The van der Waals surface area contributed by atoms with Gasteiger partial charge in [0.25, 0.3) is 5.91 Å². The summed E-state index contributed by atoms with van der Waals surface area (Å²) in [5.41, 5.74) is 1.40. The average molecular weight is 354 g/mol. The van der Waals surface area contributed by atoms with Gasteiger partial charge in [0.15, 0.2) is 12.0 Å². The molecule has 5 heteroatoms. The Morgan fingerprint density at radius 1 is 1.23 bits per heavy atom. The Balaban J connectivity index is 1.62. The third kappa shape index (κ3) is 3.60. The third-order valence-corrected chi connectivity index (χ3v) is 5.84. The second-order valence-corrected chi connectivity index (χ2v) is 7.44. The molecule has 2 aliphatic rings. The summed E-state index contributed by atoms with van der Waals surface area (Å²) in [5, 5.41) is 9.45. The average Bonchev–Trinajstić information content (AvgIpc) is 2.71. The Morgan fingerprint density at radius 2 is 1.96 bits per heavy atom. The fraction of sp³-hybridized carbons (Fsp3) is 0.571. The fourth-order valence-electron chi connectivity index (χ4n) is 4.19. The van der Waals surface area contributed by atoms with Gasteiger partial charge < -0.3 is 9.64 Å². The molecule has 0 saturated heterocycles.